The molecule has 2 aliphatic heterocycles. The molecule has 0 aromatic carbocycles. The lowest BCUT2D eigenvalue weighted by Crippen LogP contribution is -2.57. The number of carbonyl (C=O) groups is 1. The van der Waals surface area contributed by atoms with Crippen LogP contribution in [-0.4, -0.2) is 64.8 Å². The van der Waals surface area contributed by atoms with Gasteiger partial charge in [-0.1, -0.05) is 6.07 Å². The van der Waals surface area contributed by atoms with Crippen molar-refractivity contribution in [3.05, 3.63) is 22.4 Å². The zero-order valence-corrected chi connectivity index (χ0v) is 15.6. The summed E-state index contributed by atoms with van der Waals surface area (Å²) in [6.45, 7) is 5.22. The highest BCUT2D eigenvalue weighted by atomic mass is 32.1. The van der Waals surface area contributed by atoms with Crippen LogP contribution in [0.15, 0.2) is 17.5 Å². The van der Waals surface area contributed by atoms with E-state index in [-0.39, 0.29) is 11.5 Å². The van der Waals surface area contributed by atoms with Crippen molar-refractivity contribution in [1.29, 1.82) is 0 Å². The number of thiophene rings is 1. The number of nitrogens with zero attached hydrogens (tertiary/aromatic N) is 2. The molecule has 1 spiro atoms. The Bertz CT molecular complexity index is 592. The van der Waals surface area contributed by atoms with Gasteiger partial charge in [-0.3, -0.25) is 9.69 Å². The predicted molar refractivity (Wildman–Crippen MR) is 97.5 cm³/mol. The molecule has 3 fully saturated rings. The first-order chi connectivity index (χ1) is 12.1. The van der Waals surface area contributed by atoms with E-state index < -0.39 is 5.60 Å². The fourth-order valence-electron chi connectivity index (χ4n) is 4.30. The Morgan fingerprint density at radius 3 is 2.68 bits per heavy atom. The molecule has 1 aliphatic carbocycles. The number of ether oxygens (including phenoxy) is 1. The summed E-state index contributed by atoms with van der Waals surface area (Å²) in [5.74, 6) is 0.114. The minimum absolute atomic E-state index is 0.0976. The number of rotatable bonds is 4. The molecule has 3 heterocycles. The average Bonchev–Trinajstić information content (AvgIpc) is 3.07. The maximum absolute atomic E-state index is 12.5. The lowest BCUT2D eigenvalue weighted by molar-refractivity contribution is -0.156. The lowest BCUT2D eigenvalue weighted by atomic mass is 9.77. The Morgan fingerprint density at radius 2 is 2.04 bits per heavy atom. The van der Waals surface area contributed by atoms with Crippen molar-refractivity contribution in [2.45, 2.75) is 56.3 Å². The second-order valence-electron chi connectivity index (χ2n) is 7.96. The fraction of sp³-hybridized carbons (Fsp3) is 0.737. The molecular weight excluding hydrogens is 336 g/mol. The first-order valence-corrected chi connectivity index (χ1v) is 10.3. The summed E-state index contributed by atoms with van der Waals surface area (Å²) in [5.41, 5.74) is -0.815. The average molecular weight is 365 g/mol. The Morgan fingerprint density at radius 1 is 1.24 bits per heavy atom. The van der Waals surface area contributed by atoms with Gasteiger partial charge in [0.1, 0.15) is 0 Å². The van der Waals surface area contributed by atoms with E-state index >= 15 is 0 Å². The van der Waals surface area contributed by atoms with Crippen molar-refractivity contribution in [3.8, 4) is 0 Å². The van der Waals surface area contributed by atoms with E-state index in [1.807, 2.05) is 16.2 Å². The highest BCUT2D eigenvalue weighted by molar-refractivity contribution is 7.09. The van der Waals surface area contributed by atoms with Crippen LogP contribution in [0.2, 0.25) is 0 Å². The van der Waals surface area contributed by atoms with Crippen molar-refractivity contribution in [3.63, 3.8) is 0 Å². The van der Waals surface area contributed by atoms with Gasteiger partial charge in [-0.2, -0.15) is 0 Å². The fourth-order valence-corrected chi connectivity index (χ4v) is 5.05. The first kappa shape index (κ1) is 17.5. The van der Waals surface area contributed by atoms with Gasteiger partial charge >= 0.3 is 0 Å². The van der Waals surface area contributed by atoms with Crippen LogP contribution in [0, 0.1) is 0 Å². The lowest BCUT2D eigenvalue weighted by Gasteiger charge is -2.47. The summed E-state index contributed by atoms with van der Waals surface area (Å²) >= 11 is 1.81. The third-order valence-electron chi connectivity index (χ3n) is 6.08. The summed E-state index contributed by atoms with van der Waals surface area (Å²) < 4.78 is 6.19. The first-order valence-electron chi connectivity index (χ1n) is 9.45. The SMILES string of the molecule is O=C(CC1(O)CCC1)N1CCC2(CC1)CN(Cc1cccs1)CCO2. The minimum Gasteiger partial charge on any atom is -0.389 e. The van der Waals surface area contributed by atoms with E-state index in [4.69, 9.17) is 4.74 Å². The number of hydrogen-bond acceptors (Lipinski definition) is 5. The molecule has 1 saturated carbocycles. The van der Waals surface area contributed by atoms with Crippen LogP contribution >= 0.6 is 11.3 Å². The van der Waals surface area contributed by atoms with Crippen LogP contribution in [0.25, 0.3) is 0 Å². The molecule has 0 unspecified atom stereocenters. The third kappa shape index (κ3) is 3.92. The highest BCUT2D eigenvalue weighted by Gasteiger charge is 2.42. The zero-order chi connectivity index (χ0) is 17.3. The normalized spacial score (nSPS) is 25.7. The number of likely N-dealkylation sites (tertiary alicyclic amines) is 1. The van der Waals surface area contributed by atoms with E-state index in [0.717, 1.165) is 71.4 Å². The molecule has 138 valence electrons. The van der Waals surface area contributed by atoms with E-state index in [0.29, 0.717) is 6.42 Å². The van der Waals surface area contributed by atoms with Crippen LogP contribution < -0.4 is 0 Å². The monoisotopic (exact) mass is 364 g/mol. The van der Waals surface area contributed by atoms with Crippen LogP contribution in [0.3, 0.4) is 0 Å². The molecule has 0 atom stereocenters. The molecule has 5 nitrogen and oxygen atoms in total. The molecule has 3 aliphatic rings. The second kappa shape index (κ2) is 6.99. The van der Waals surface area contributed by atoms with Gasteiger partial charge in [-0.15, -0.1) is 11.3 Å². The Labute approximate surface area is 153 Å². The maximum Gasteiger partial charge on any atom is 0.225 e. The molecule has 4 rings (SSSR count). The number of hydrogen-bond donors (Lipinski definition) is 1. The number of piperidine rings is 1. The molecule has 2 saturated heterocycles. The van der Waals surface area contributed by atoms with Gasteiger partial charge in [0.05, 0.1) is 24.2 Å². The third-order valence-corrected chi connectivity index (χ3v) is 6.94. The van der Waals surface area contributed by atoms with Crippen LogP contribution in [0.1, 0.15) is 43.4 Å². The molecule has 1 aromatic heterocycles. The van der Waals surface area contributed by atoms with Crippen LogP contribution in [0.5, 0.6) is 0 Å². The van der Waals surface area contributed by atoms with Gasteiger partial charge in [-0.05, 0) is 43.6 Å². The summed E-state index contributed by atoms with van der Waals surface area (Å²) in [6.07, 6.45) is 4.69. The van der Waals surface area contributed by atoms with E-state index in [1.54, 1.807) is 0 Å². The second-order valence-corrected chi connectivity index (χ2v) is 8.99. The molecular formula is C19H28N2O3S. The molecule has 1 aromatic rings. The van der Waals surface area contributed by atoms with Gasteiger partial charge in [0.25, 0.3) is 0 Å². The molecule has 1 N–H and O–H groups in total. The number of amides is 1. The van der Waals surface area contributed by atoms with Crippen LogP contribution in [-0.2, 0) is 16.1 Å². The van der Waals surface area contributed by atoms with Gasteiger partial charge < -0.3 is 14.7 Å². The Kier molecular flexibility index (Phi) is 4.88. The number of morpholine rings is 1. The van der Waals surface area contributed by atoms with Crippen molar-refractivity contribution in [1.82, 2.24) is 9.80 Å². The Balaban J connectivity index is 1.30. The molecule has 1 amide bonds. The minimum atomic E-state index is -0.717. The molecule has 6 heteroatoms. The highest BCUT2D eigenvalue weighted by Crippen LogP contribution is 2.36. The van der Waals surface area contributed by atoms with Gasteiger partial charge in [-0.25, -0.2) is 0 Å². The van der Waals surface area contributed by atoms with Crippen molar-refractivity contribution >= 4 is 17.2 Å². The quantitative estimate of drug-likeness (QED) is 0.890. The summed E-state index contributed by atoms with van der Waals surface area (Å²) in [4.78, 5) is 18.3. The van der Waals surface area contributed by atoms with E-state index in [2.05, 4.69) is 22.4 Å². The van der Waals surface area contributed by atoms with E-state index in [1.165, 1.54) is 4.88 Å². The van der Waals surface area contributed by atoms with Gasteiger partial charge in [0, 0.05) is 37.6 Å². The zero-order valence-electron chi connectivity index (χ0n) is 14.8. The smallest absolute Gasteiger partial charge is 0.225 e. The summed E-state index contributed by atoms with van der Waals surface area (Å²) in [6, 6.07) is 4.30. The molecule has 0 bridgehead atoms. The Hall–Kier alpha value is -0.950. The molecule has 0 radical (unpaired) electrons. The number of carbonyl (C=O) groups excluding carboxylic acids is 1. The summed E-state index contributed by atoms with van der Waals surface area (Å²) in [7, 11) is 0. The van der Waals surface area contributed by atoms with Gasteiger partial charge in [0.15, 0.2) is 0 Å². The van der Waals surface area contributed by atoms with E-state index in [9.17, 15) is 9.90 Å². The molecule has 25 heavy (non-hydrogen) atoms. The van der Waals surface area contributed by atoms with Crippen molar-refractivity contribution in [2.75, 3.05) is 32.8 Å². The standard InChI is InChI=1S/C19H28N2O3S/c22-17(13-18(23)4-2-5-18)21-8-6-19(7-9-21)15-20(10-11-24-19)14-16-3-1-12-25-16/h1,3,12,23H,2,4-11,13-15H2. The van der Waals surface area contributed by atoms with Crippen molar-refractivity contribution in [2.24, 2.45) is 0 Å². The maximum atomic E-state index is 12.5. The predicted octanol–water partition coefficient (Wildman–Crippen LogP) is 2.25. The summed E-state index contributed by atoms with van der Waals surface area (Å²) in [5, 5.41) is 12.4. The number of aliphatic hydroxyl groups is 1. The largest absolute Gasteiger partial charge is 0.389 e. The topological polar surface area (TPSA) is 53.0 Å². The van der Waals surface area contributed by atoms with Crippen LogP contribution in [0.4, 0.5) is 0 Å². The van der Waals surface area contributed by atoms with Crippen molar-refractivity contribution < 1.29 is 14.6 Å². The van der Waals surface area contributed by atoms with Gasteiger partial charge in [0.2, 0.25) is 5.91 Å².